The highest BCUT2D eigenvalue weighted by molar-refractivity contribution is 5.07. The van der Waals surface area contributed by atoms with E-state index in [0.717, 1.165) is 67.5 Å². The average molecular weight is 419 g/mol. The summed E-state index contributed by atoms with van der Waals surface area (Å²) in [4.78, 5) is 0. The van der Waals surface area contributed by atoms with Gasteiger partial charge >= 0.3 is 0 Å². The second kappa shape index (κ2) is 9.42. The summed E-state index contributed by atoms with van der Waals surface area (Å²) in [5, 5.41) is 10.6. The van der Waals surface area contributed by atoms with Crippen molar-refractivity contribution >= 4 is 0 Å². The molecular formula is C28H50O2. The van der Waals surface area contributed by atoms with Crippen LogP contribution in [0, 0.1) is 46.8 Å². The van der Waals surface area contributed by atoms with E-state index in [2.05, 4.69) is 27.7 Å². The van der Waals surface area contributed by atoms with Crippen LogP contribution >= 0.6 is 0 Å². The van der Waals surface area contributed by atoms with Crippen molar-refractivity contribution in [2.75, 3.05) is 13.2 Å². The second-order valence-corrected chi connectivity index (χ2v) is 12.5. The standard InChI is InChI=1S/C28H50O2/c1-5-6-17-30-18-7-8-20(2)25-11-12-26-24-10-9-21-19-27(3,29)15-13-22(21)23(24)14-16-28(25,26)4/h20-26,29H,5-19H2,1-4H3/t20?,21-,22+,23-,24-,25-,26+,27-,28-/m1/s1. The van der Waals surface area contributed by atoms with E-state index in [9.17, 15) is 5.11 Å². The minimum Gasteiger partial charge on any atom is -0.390 e. The van der Waals surface area contributed by atoms with Gasteiger partial charge in [0.2, 0.25) is 0 Å². The molecule has 0 aromatic rings. The molecule has 1 unspecified atom stereocenters. The third-order valence-electron chi connectivity index (χ3n) is 10.6. The molecule has 0 aromatic heterocycles. The number of ether oxygens (including phenoxy) is 1. The van der Waals surface area contributed by atoms with Crippen molar-refractivity contribution in [2.24, 2.45) is 46.8 Å². The van der Waals surface area contributed by atoms with E-state index in [0.29, 0.717) is 5.41 Å². The number of rotatable bonds is 8. The molecule has 4 aliphatic rings. The summed E-state index contributed by atoms with van der Waals surface area (Å²) >= 11 is 0. The fourth-order valence-corrected chi connectivity index (χ4v) is 9.11. The van der Waals surface area contributed by atoms with Crippen molar-refractivity contribution in [3.8, 4) is 0 Å². The Morgan fingerprint density at radius 3 is 2.47 bits per heavy atom. The van der Waals surface area contributed by atoms with Gasteiger partial charge in [-0.15, -0.1) is 0 Å². The molecule has 4 saturated carbocycles. The summed E-state index contributed by atoms with van der Waals surface area (Å²) < 4.78 is 5.84. The predicted octanol–water partition coefficient (Wildman–Crippen LogP) is 7.24. The highest BCUT2D eigenvalue weighted by Gasteiger charge is 2.58. The first-order valence-corrected chi connectivity index (χ1v) is 13.7. The predicted molar refractivity (Wildman–Crippen MR) is 125 cm³/mol. The zero-order chi connectivity index (χ0) is 21.4. The first kappa shape index (κ1) is 23.1. The molecule has 2 nitrogen and oxygen atoms in total. The lowest BCUT2D eigenvalue weighted by Crippen LogP contribution is -2.50. The van der Waals surface area contributed by atoms with Crippen LogP contribution in [0.25, 0.3) is 0 Å². The molecule has 0 heterocycles. The normalized spacial score (nSPS) is 46.7. The van der Waals surface area contributed by atoms with E-state index in [1.54, 1.807) is 0 Å². The van der Waals surface area contributed by atoms with Crippen molar-refractivity contribution in [1.82, 2.24) is 0 Å². The van der Waals surface area contributed by atoms with Crippen LogP contribution in [0.4, 0.5) is 0 Å². The molecule has 0 amide bonds. The molecule has 0 aromatic carbocycles. The number of fused-ring (bicyclic) bond motifs is 5. The quantitative estimate of drug-likeness (QED) is 0.421. The molecule has 1 N–H and O–H groups in total. The van der Waals surface area contributed by atoms with Crippen molar-refractivity contribution < 1.29 is 9.84 Å². The zero-order valence-electron chi connectivity index (χ0n) is 20.5. The zero-order valence-corrected chi connectivity index (χ0v) is 20.5. The van der Waals surface area contributed by atoms with Gasteiger partial charge in [0, 0.05) is 13.2 Å². The molecule has 0 spiro atoms. The van der Waals surface area contributed by atoms with Crippen molar-refractivity contribution in [2.45, 2.75) is 117 Å². The molecule has 0 bridgehead atoms. The van der Waals surface area contributed by atoms with Gasteiger partial charge < -0.3 is 9.84 Å². The third-order valence-corrected chi connectivity index (χ3v) is 10.6. The summed E-state index contributed by atoms with van der Waals surface area (Å²) in [6.45, 7) is 11.5. The maximum absolute atomic E-state index is 10.6. The summed E-state index contributed by atoms with van der Waals surface area (Å²) in [6, 6.07) is 0. The minimum absolute atomic E-state index is 0.384. The summed E-state index contributed by atoms with van der Waals surface area (Å²) in [7, 11) is 0. The molecular weight excluding hydrogens is 368 g/mol. The van der Waals surface area contributed by atoms with Crippen LogP contribution in [0.1, 0.15) is 111 Å². The van der Waals surface area contributed by atoms with E-state index in [-0.39, 0.29) is 5.60 Å². The average Bonchev–Trinajstić information content (AvgIpc) is 3.06. The van der Waals surface area contributed by atoms with Gasteiger partial charge in [-0.3, -0.25) is 0 Å². The molecule has 30 heavy (non-hydrogen) atoms. The Balaban J connectivity index is 1.33. The minimum atomic E-state index is -0.384. The van der Waals surface area contributed by atoms with E-state index in [1.165, 1.54) is 70.6 Å². The molecule has 0 aliphatic heterocycles. The summed E-state index contributed by atoms with van der Waals surface area (Å²) in [5.74, 6) is 6.46. The largest absolute Gasteiger partial charge is 0.390 e. The van der Waals surface area contributed by atoms with Crippen LogP contribution in [-0.2, 0) is 4.74 Å². The smallest absolute Gasteiger partial charge is 0.0622 e. The molecule has 4 aliphatic carbocycles. The SMILES string of the molecule is CCCCOCCCC(C)[C@H]1CC[C@H]2[C@@H]3CC[C@@H]4C[C@](C)(O)CC[C@@H]4[C@H]3CC[C@]12C. The monoisotopic (exact) mass is 418 g/mol. The Kier molecular flexibility index (Phi) is 7.25. The first-order chi connectivity index (χ1) is 14.4. The Morgan fingerprint density at radius 2 is 1.67 bits per heavy atom. The fraction of sp³-hybridized carbons (Fsp3) is 1.00. The van der Waals surface area contributed by atoms with E-state index in [4.69, 9.17) is 4.74 Å². The molecule has 9 atom stereocenters. The highest BCUT2D eigenvalue weighted by Crippen LogP contribution is 2.65. The van der Waals surface area contributed by atoms with Gasteiger partial charge in [-0.1, -0.05) is 27.2 Å². The van der Waals surface area contributed by atoms with Crippen LogP contribution in [0.3, 0.4) is 0 Å². The summed E-state index contributed by atoms with van der Waals surface area (Å²) in [6.07, 6.45) is 17.2. The van der Waals surface area contributed by atoms with Gasteiger partial charge in [0.15, 0.2) is 0 Å². The maximum atomic E-state index is 10.6. The Hall–Kier alpha value is -0.0800. The summed E-state index contributed by atoms with van der Waals surface area (Å²) in [5.41, 5.74) is 0.210. The van der Waals surface area contributed by atoms with E-state index >= 15 is 0 Å². The molecule has 4 rings (SSSR count). The van der Waals surface area contributed by atoms with Crippen LogP contribution in [0.2, 0.25) is 0 Å². The van der Waals surface area contributed by atoms with Gasteiger partial charge in [0.25, 0.3) is 0 Å². The van der Waals surface area contributed by atoms with Crippen molar-refractivity contribution in [1.29, 1.82) is 0 Å². The molecule has 174 valence electrons. The van der Waals surface area contributed by atoms with Crippen LogP contribution in [-0.4, -0.2) is 23.9 Å². The van der Waals surface area contributed by atoms with Gasteiger partial charge in [0.1, 0.15) is 0 Å². The molecule has 0 saturated heterocycles. The van der Waals surface area contributed by atoms with Crippen molar-refractivity contribution in [3.05, 3.63) is 0 Å². The fourth-order valence-electron chi connectivity index (χ4n) is 9.11. The first-order valence-electron chi connectivity index (χ1n) is 13.7. The Labute approximate surface area is 186 Å². The number of hydrogen-bond donors (Lipinski definition) is 1. The van der Waals surface area contributed by atoms with Gasteiger partial charge in [-0.2, -0.15) is 0 Å². The van der Waals surface area contributed by atoms with Gasteiger partial charge in [-0.25, -0.2) is 0 Å². The topological polar surface area (TPSA) is 29.5 Å². The lowest BCUT2D eigenvalue weighted by atomic mass is 9.48. The van der Waals surface area contributed by atoms with Crippen molar-refractivity contribution in [3.63, 3.8) is 0 Å². The van der Waals surface area contributed by atoms with Crippen LogP contribution < -0.4 is 0 Å². The van der Waals surface area contributed by atoms with Gasteiger partial charge in [0.05, 0.1) is 5.60 Å². The third kappa shape index (κ3) is 4.52. The van der Waals surface area contributed by atoms with Crippen LogP contribution in [0.5, 0.6) is 0 Å². The Morgan fingerprint density at radius 1 is 0.900 bits per heavy atom. The lowest BCUT2D eigenvalue weighted by molar-refractivity contribution is -0.103. The van der Waals surface area contributed by atoms with E-state index < -0.39 is 0 Å². The van der Waals surface area contributed by atoms with E-state index in [1.807, 2.05) is 0 Å². The highest BCUT2D eigenvalue weighted by atomic mass is 16.5. The molecule has 4 fully saturated rings. The maximum Gasteiger partial charge on any atom is 0.0622 e. The number of aliphatic hydroxyl groups is 1. The number of unbranched alkanes of at least 4 members (excludes halogenated alkanes) is 1. The molecule has 0 radical (unpaired) electrons. The molecule has 2 heteroatoms. The van der Waals surface area contributed by atoms with Crippen LogP contribution in [0.15, 0.2) is 0 Å². The second-order valence-electron chi connectivity index (χ2n) is 12.5. The number of hydrogen-bond acceptors (Lipinski definition) is 2. The van der Waals surface area contributed by atoms with Gasteiger partial charge in [-0.05, 0) is 131 Å². The Bertz CT molecular complexity index is 557. The lowest BCUT2D eigenvalue weighted by Gasteiger charge is -2.57.